The summed E-state index contributed by atoms with van der Waals surface area (Å²) in [6.45, 7) is 7.94. The molecule has 0 saturated heterocycles. The molecule has 1 aromatic heterocycles. The van der Waals surface area contributed by atoms with E-state index in [1.807, 2.05) is 33.8 Å². The van der Waals surface area contributed by atoms with Gasteiger partial charge < -0.3 is 9.84 Å². The smallest absolute Gasteiger partial charge is 0.248 e. The summed E-state index contributed by atoms with van der Waals surface area (Å²) in [5, 5.41) is 7.22. The number of sulfonamides is 1. The molecule has 1 aromatic carbocycles. The van der Waals surface area contributed by atoms with Crippen molar-refractivity contribution in [3.05, 3.63) is 36.0 Å². The number of hydrogen-bond acceptors (Lipinski definition) is 6. The Morgan fingerprint density at radius 3 is 2.43 bits per heavy atom. The van der Waals surface area contributed by atoms with E-state index in [9.17, 15) is 8.42 Å². The van der Waals surface area contributed by atoms with Crippen LogP contribution in [0.2, 0.25) is 0 Å². The van der Waals surface area contributed by atoms with E-state index in [-0.39, 0.29) is 11.5 Å². The van der Waals surface area contributed by atoms with Crippen molar-refractivity contribution in [2.75, 3.05) is 16.3 Å². The topological polar surface area (TPSA) is 97.1 Å². The van der Waals surface area contributed by atoms with Gasteiger partial charge in [0.05, 0.1) is 11.9 Å². The van der Waals surface area contributed by atoms with Crippen LogP contribution in [0, 0.1) is 0 Å². The lowest BCUT2D eigenvalue weighted by molar-refractivity contribution is 0.354. The molecule has 0 bridgehead atoms. The van der Waals surface area contributed by atoms with Gasteiger partial charge in [0, 0.05) is 11.1 Å². The molecule has 7 nitrogen and oxygen atoms in total. The van der Waals surface area contributed by atoms with Gasteiger partial charge in [-0.1, -0.05) is 32.0 Å². The fourth-order valence-corrected chi connectivity index (χ4v) is 2.47. The van der Waals surface area contributed by atoms with Crippen LogP contribution in [-0.2, 0) is 15.4 Å². The van der Waals surface area contributed by atoms with Gasteiger partial charge in [0.1, 0.15) is 6.04 Å². The Kier molecular flexibility index (Phi) is 4.65. The Morgan fingerprint density at radius 2 is 1.87 bits per heavy atom. The predicted octanol–water partition coefficient (Wildman–Crippen LogP) is 2.91. The molecule has 1 heterocycles. The van der Waals surface area contributed by atoms with E-state index in [4.69, 9.17) is 4.52 Å². The Balaban J connectivity index is 2.12. The van der Waals surface area contributed by atoms with Gasteiger partial charge in [-0.2, -0.15) is 4.98 Å². The van der Waals surface area contributed by atoms with Crippen LogP contribution in [0.25, 0.3) is 0 Å². The van der Waals surface area contributed by atoms with Crippen LogP contribution in [0.5, 0.6) is 0 Å². The zero-order chi connectivity index (χ0) is 17.3. The fourth-order valence-electron chi connectivity index (χ4n) is 1.91. The minimum atomic E-state index is -3.31. The van der Waals surface area contributed by atoms with Crippen LogP contribution in [0.1, 0.15) is 45.5 Å². The van der Waals surface area contributed by atoms with E-state index in [0.29, 0.717) is 17.4 Å². The van der Waals surface area contributed by atoms with E-state index < -0.39 is 10.0 Å². The summed E-state index contributed by atoms with van der Waals surface area (Å²) in [5.41, 5.74) is 1.06. The maximum Gasteiger partial charge on any atom is 0.248 e. The minimum Gasteiger partial charge on any atom is -0.374 e. The summed E-state index contributed by atoms with van der Waals surface area (Å²) in [7, 11) is -3.31. The first kappa shape index (κ1) is 17.3. The van der Waals surface area contributed by atoms with Gasteiger partial charge in [-0.25, -0.2) is 8.42 Å². The van der Waals surface area contributed by atoms with Crippen LogP contribution in [-0.4, -0.2) is 24.8 Å². The van der Waals surface area contributed by atoms with E-state index in [1.54, 1.807) is 18.2 Å². The lowest BCUT2D eigenvalue weighted by Crippen LogP contribution is -2.14. The summed E-state index contributed by atoms with van der Waals surface area (Å²) < 4.78 is 30.3. The van der Waals surface area contributed by atoms with Crippen LogP contribution in [0.15, 0.2) is 28.8 Å². The summed E-state index contributed by atoms with van der Waals surface area (Å²) in [4.78, 5) is 4.41. The number of benzene rings is 1. The van der Waals surface area contributed by atoms with E-state index in [1.165, 1.54) is 0 Å². The molecule has 0 saturated carbocycles. The molecule has 1 atom stereocenters. The van der Waals surface area contributed by atoms with Crippen molar-refractivity contribution in [1.29, 1.82) is 0 Å². The normalized spacial score (nSPS) is 13.6. The quantitative estimate of drug-likeness (QED) is 0.870. The van der Waals surface area contributed by atoms with E-state index in [2.05, 4.69) is 20.2 Å². The van der Waals surface area contributed by atoms with Crippen molar-refractivity contribution in [2.24, 2.45) is 0 Å². The number of hydrogen-bond donors (Lipinski definition) is 2. The highest BCUT2D eigenvalue weighted by Crippen LogP contribution is 2.24. The average molecular weight is 338 g/mol. The SMILES string of the molecule is C[C@H](Nc1cccc(NS(C)(=O)=O)c1)c1nc(C(C)(C)C)no1. The van der Waals surface area contributed by atoms with Gasteiger partial charge in [0.2, 0.25) is 15.9 Å². The highest BCUT2D eigenvalue weighted by atomic mass is 32.2. The van der Waals surface area contributed by atoms with E-state index >= 15 is 0 Å². The monoisotopic (exact) mass is 338 g/mol. The van der Waals surface area contributed by atoms with Gasteiger partial charge in [0.25, 0.3) is 0 Å². The second-order valence-corrected chi connectivity index (χ2v) is 8.28. The van der Waals surface area contributed by atoms with Crippen molar-refractivity contribution >= 4 is 21.4 Å². The van der Waals surface area contributed by atoms with Crippen molar-refractivity contribution < 1.29 is 12.9 Å². The van der Waals surface area contributed by atoms with Crippen molar-refractivity contribution in [3.8, 4) is 0 Å². The molecule has 126 valence electrons. The molecule has 0 aliphatic rings. The Hall–Kier alpha value is -2.09. The first-order valence-electron chi connectivity index (χ1n) is 7.23. The number of anilines is 2. The standard InChI is InChI=1S/C15H22N4O3S/c1-10(13-17-14(18-22-13)15(2,3)4)16-11-7-6-8-12(9-11)19-23(5,20)21/h6-10,16,19H,1-5H3/t10-/m0/s1. The second kappa shape index (κ2) is 6.19. The first-order chi connectivity index (χ1) is 10.5. The molecule has 0 fully saturated rings. The molecular formula is C15H22N4O3S. The summed E-state index contributed by atoms with van der Waals surface area (Å²) in [5.74, 6) is 1.13. The average Bonchev–Trinajstić information content (AvgIpc) is 2.86. The van der Waals surface area contributed by atoms with E-state index in [0.717, 1.165) is 11.9 Å². The highest BCUT2D eigenvalue weighted by molar-refractivity contribution is 7.92. The van der Waals surface area contributed by atoms with Gasteiger partial charge >= 0.3 is 0 Å². The lowest BCUT2D eigenvalue weighted by Gasteiger charge is -2.13. The first-order valence-corrected chi connectivity index (χ1v) is 9.12. The number of nitrogens with zero attached hydrogens (tertiary/aromatic N) is 2. The Bertz CT molecular complexity index is 778. The molecular weight excluding hydrogens is 316 g/mol. The zero-order valence-corrected chi connectivity index (χ0v) is 14.7. The van der Waals surface area contributed by atoms with Gasteiger partial charge in [-0.05, 0) is 25.1 Å². The number of rotatable bonds is 5. The predicted molar refractivity (Wildman–Crippen MR) is 89.9 cm³/mol. The third kappa shape index (κ3) is 4.95. The molecule has 8 heteroatoms. The number of aromatic nitrogens is 2. The molecule has 2 rings (SSSR count). The van der Waals surface area contributed by atoms with Crippen molar-refractivity contribution in [1.82, 2.24) is 10.1 Å². The maximum atomic E-state index is 11.3. The zero-order valence-electron chi connectivity index (χ0n) is 13.9. The molecule has 0 radical (unpaired) electrons. The molecule has 0 amide bonds. The van der Waals surface area contributed by atoms with Crippen LogP contribution < -0.4 is 10.0 Å². The molecule has 0 spiro atoms. The molecule has 0 aliphatic carbocycles. The van der Waals surface area contributed by atoms with Gasteiger partial charge in [-0.15, -0.1) is 0 Å². The summed E-state index contributed by atoms with van der Waals surface area (Å²) >= 11 is 0. The Morgan fingerprint density at radius 1 is 1.22 bits per heavy atom. The molecule has 2 aromatic rings. The van der Waals surface area contributed by atoms with Gasteiger partial charge in [-0.3, -0.25) is 4.72 Å². The molecule has 0 unspecified atom stereocenters. The van der Waals surface area contributed by atoms with Crippen LogP contribution >= 0.6 is 0 Å². The van der Waals surface area contributed by atoms with Crippen molar-refractivity contribution in [2.45, 2.75) is 39.2 Å². The van der Waals surface area contributed by atoms with Crippen molar-refractivity contribution in [3.63, 3.8) is 0 Å². The van der Waals surface area contributed by atoms with Crippen LogP contribution in [0.3, 0.4) is 0 Å². The van der Waals surface area contributed by atoms with Gasteiger partial charge in [0.15, 0.2) is 5.82 Å². The molecule has 23 heavy (non-hydrogen) atoms. The summed E-state index contributed by atoms with van der Waals surface area (Å²) in [6, 6.07) is 6.79. The maximum absolute atomic E-state index is 11.3. The van der Waals surface area contributed by atoms with Crippen LogP contribution in [0.4, 0.5) is 11.4 Å². The number of nitrogens with one attached hydrogen (secondary N) is 2. The fraction of sp³-hybridized carbons (Fsp3) is 0.467. The largest absolute Gasteiger partial charge is 0.374 e. The molecule has 2 N–H and O–H groups in total. The third-order valence-corrected chi connectivity index (χ3v) is 3.64. The third-order valence-electron chi connectivity index (χ3n) is 3.03. The summed E-state index contributed by atoms with van der Waals surface area (Å²) in [6.07, 6.45) is 1.11. The lowest BCUT2D eigenvalue weighted by atomic mass is 9.96. The second-order valence-electron chi connectivity index (χ2n) is 6.53. The highest BCUT2D eigenvalue weighted by Gasteiger charge is 2.23. The Labute approximate surface area is 136 Å². The minimum absolute atomic E-state index is 0.180. The molecule has 0 aliphatic heterocycles.